The van der Waals surface area contributed by atoms with Crippen LogP contribution in [0.1, 0.15) is 44.2 Å². The van der Waals surface area contributed by atoms with Crippen LogP contribution in [0.5, 0.6) is 0 Å². The van der Waals surface area contributed by atoms with Crippen molar-refractivity contribution in [2.24, 2.45) is 0 Å². The highest BCUT2D eigenvalue weighted by atomic mass is 16.4. The third-order valence-electron chi connectivity index (χ3n) is 3.31. The van der Waals surface area contributed by atoms with Gasteiger partial charge in [0, 0.05) is 0 Å². The van der Waals surface area contributed by atoms with Gasteiger partial charge in [-0.05, 0) is 18.4 Å². The second-order valence-corrected chi connectivity index (χ2v) is 4.79. The summed E-state index contributed by atoms with van der Waals surface area (Å²) < 4.78 is 5.07. The fourth-order valence-electron chi connectivity index (χ4n) is 2.28. The summed E-state index contributed by atoms with van der Waals surface area (Å²) in [7, 11) is 0. The largest absolute Gasteiger partial charge is 0.405 e. The van der Waals surface area contributed by atoms with Gasteiger partial charge in [-0.2, -0.15) is 0 Å². The first kappa shape index (κ1) is 15.0. The van der Waals surface area contributed by atoms with E-state index in [4.69, 9.17) is 4.42 Å². The third kappa shape index (κ3) is 3.04. The summed E-state index contributed by atoms with van der Waals surface area (Å²) >= 11 is 0. The van der Waals surface area contributed by atoms with E-state index in [2.05, 4.69) is 16.9 Å². The Balaban J connectivity index is 2.69. The van der Waals surface area contributed by atoms with Crippen LogP contribution in [0.25, 0.3) is 17.2 Å². The Morgan fingerprint density at radius 2 is 1.90 bits per heavy atom. The molecular formula is C15H18N2O4. The molecule has 0 amide bonds. The average molecular weight is 290 g/mol. The molecule has 6 heteroatoms. The first-order valence-electron chi connectivity index (χ1n) is 7.07. The SMILES string of the molecule is CCCC/C=C/c1c(CC)c2c(=O)[nH]c(=O)[nH]c2oc1=O. The predicted molar refractivity (Wildman–Crippen MR) is 81.7 cm³/mol. The number of aromatic nitrogens is 2. The van der Waals surface area contributed by atoms with E-state index in [0.29, 0.717) is 17.5 Å². The van der Waals surface area contributed by atoms with Gasteiger partial charge in [0.05, 0.1) is 5.56 Å². The van der Waals surface area contributed by atoms with Crippen molar-refractivity contribution >= 4 is 17.2 Å². The van der Waals surface area contributed by atoms with Gasteiger partial charge >= 0.3 is 11.3 Å². The molecule has 0 aliphatic carbocycles. The zero-order valence-corrected chi connectivity index (χ0v) is 12.1. The van der Waals surface area contributed by atoms with Crippen molar-refractivity contribution in [1.82, 2.24) is 9.97 Å². The van der Waals surface area contributed by atoms with Crippen molar-refractivity contribution in [2.75, 3.05) is 0 Å². The molecule has 0 bridgehead atoms. The van der Waals surface area contributed by atoms with Crippen LogP contribution in [0.15, 0.2) is 24.9 Å². The topological polar surface area (TPSA) is 95.9 Å². The molecule has 2 rings (SSSR count). The Bertz CT molecular complexity index is 839. The molecule has 2 aromatic heterocycles. The maximum Gasteiger partial charge on any atom is 0.345 e. The van der Waals surface area contributed by atoms with Crippen LogP contribution in [0.3, 0.4) is 0 Å². The Labute approximate surface area is 120 Å². The van der Waals surface area contributed by atoms with Gasteiger partial charge in [0.25, 0.3) is 5.56 Å². The molecule has 0 saturated heterocycles. The smallest absolute Gasteiger partial charge is 0.345 e. The van der Waals surface area contributed by atoms with Gasteiger partial charge in [-0.15, -0.1) is 0 Å². The molecule has 0 aliphatic rings. The van der Waals surface area contributed by atoms with Crippen LogP contribution in [-0.4, -0.2) is 9.97 Å². The zero-order chi connectivity index (χ0) is 15.4. The lowest BCUT2D eigenvalue weighted by atomic mass is 10.0. The molecule has 0 aromatic carbocycles. The molecule has 2 N–H and O–H groups in total. The van der Waals surface area contributed by atoms with Crippen molar-refractivity contribution < 1.29 is 4.42 Å². The first-order chi connectivity index (χ1) is 10.1. The second-order valence-electron chi connectivity index (χ2n) is 4.79. The van der Waals surface area contributed by atoms with Gasteiger partial charge in [-0.1, -0.05) is 38.8 Å². The molecule has 112 valence electrons. The van der Waals surface area contributed by atoms with Crippen LogP contribution in [0.4, 0.5) is 0 Å². The van der Waals surface area contributed by atoms with Gasteiger partial charge in [0.15, 0.2) is 0 Å². The van der Waals surface area contributed by atoms with E-state index in [1.54, 1.807) is 6.08 Å². The number of aryl methyl sites for hydroxylation is 1. The Hall–Kier alpha value is -2.37. The highest BCUT2D eigenvalue weighted by Gasteiger charge is 2.15. The van der Waals surface area contributed by atoms with Crippen LogP contribution in [0, 0.1) is 0 Å². The van der Waals surface area contributed by atoms with Crippen molar-refractivity contribution in [1.29, 1.82) is 0 Å². The summed E-state index contributed by atoms with van der Waals surface area (Å²) in [4.78, 5) is 39.8. The number of nitrogens with one attached hydrogen (secondary N) is 2. The van der Waals surface area contributed by atoms with Crippen molar-refractivity contribution in [3.63, 3.8) is 0 Å². The summed E-state index contributed by atoms with van der Waals surface area (Å²) in [5.74, 6) is 0. The van der Waals surface area contributed by atoms with Gasteiger partial charge in [0.2, 0.25) is 5.71 Å². The maximum absolute atomic E-state index is 12.0. The molecule has 0 unspecified atom stereocenters. The third-order valence-corrected chi connectivity index (χ3v) is 3.31. The summed E-state index contributed by atoms with van der Waals surface area (Å²) in [5, 5.41) is 0.229. The quantitative estimate of drug-likeness (QED) is 0.822. The number of fused-ring (bicyclic) bond motifs is 1. The molecule has 0 fully saturated rings. The number of H-pyrrole nitrogens is 2. The Morgan fingerprint density at radius 3 is 2.57 bits per heavy atom. The van der Waals surface area contributed by atoms with Crippen molar-refractivity contribution in [3.8, 4) is 0 Å². The number of aromatic amines is 2. The summed E-state index contributed by atoms with van der Waals surface area (Å²) in [6, 6.07) is 0. The molecule has 2 aromatic rings. The van der Waals surface area contributed by atoms with E-state index in [1.807, 2.05) is 13.0 Å². The van der Waals surface area contributed by atoms with E-state index in [9.17, 15) is 14.4 Å². The summed E-state index contributed by atoms with van der Waals surface area (Å²) in [6.45, 7) is 3.94. The van der Waals surface area contributed by atoms with E-state index in [1.165, 1.54) is 0 Å². The molecule has 0 atom stereocenters. The van der Waals surface area contributed by atoms with E-state index >= 15 is 0 Å². The van der Waals surface area contributed by atoms with Crippen LogP contribution < -0.4 is 16.9 Å². The lowest BCUT2D eigenvalue weighted by Crippen LogP contribution is -2.25. The first-order valence-corrected chi connectivity index (χ1v) is 7.07. The van der Waals surface area contributed by atoms with E-state index < -0.39 is 16.9 Å². The van der Waals surface area contributed by atoms with Gasteiger partial charge < -0.3 is 4.42 Å². The van der Waals surface area contributed by atoms with Gasteiger partial charge in [-0.25, -0.2) is 9.59 Å². The highest BCUT2D eigenvalue weighted by Crippen LogP contribution is 2.16. The number of rotatable bonds is 5. The Morgan fingerprint density at radius 1 is 1.14 bits per heavy atom. The zero-order valence-electron chi connectivity index (χ0n) is 12.1. The van der Waals surface area contributed by atoms with Gasteiger partial charge in [-0.3, -0.25) is 14.8 Å². The Kier molecular flexibility index (Phi) is 4.57. The molecule has 0 spiro atoms. The summed E-state index contributed by atoms with van der Waals surface area (Å²) in [5.41, 5.74) is -0.892. The fourth-order valence-corrected chi connectivity index (χ4v) is 2.28. The van der Waals surface area contributed by atoms with Crippen LogP contribution >= 0.6 is 0 Å². The number of hydrogen-bond acceptors (Lipinski definition) is 4. The second kappa shape index (κ2) is 6.39. The number of allylic oxidation sites excluding steroid dienone is 1. The highest BCUT2D eigenvalue weighted by molar-refractivity contribution is 5.79. The lowest BCUT2D eigenvalue weighted by molar-refractivity contribution is 0.542. The predicted octanol–water partition coefficient (Wildman–Crippen LogP) is 1.94. The minimum atomic E-state index is -0.691. The standard InChI is InChI=1S/C15H18N2O4/c1-3-5-6-7-8-10-9(4-2)11-12(18)16-15(20)17-13(11)21-14(10)19/h7-8H,3-6H2,1-2H3,(H2,16,17,18,20)/b8-7+. The minimum absolute atomic E-state index is 0.0729. The number of hydrogen-bond donors (Lipinski definition) is 2. The van der Waals surface area contributed by atoms with Gasteiger partial charge in [0.1, 0.15) is 5.39 Å². The van der Waals surface area contributed by atoms with E-state index in [-0.39, 0.29) is 11.1 Å². The average Bonchev–Trinajstić information content (AvgIpc) is 2.43. The molecule has 21 heavy (non-hydrogen) atoms. The summed E-state index contributed by atoms with van der Waals surface area (Å²) in [6.07, 6.45) is 7.05. The number of unbranched alkanes of at least 4 members (excludes halogenated alkanes) is 2. The molecular weight excluding hydrogens is 272 g/mol. The maximum atomic E-state index is 12.0. The monoisotopic (exact) mass is 290 g/mol. The molecule has 0 radical (unpaired) electrons. The van der Waals surface area contributed by atoms with E-state index in [0.717, 1.165) is 19.3 Å². The lowest BCUT2D eigenvalue weighted by Gasteiger charge is -2.05. The van der Waals surface area contributed by atoms with Crippen LogP contribution in [0.2, 0.25) is 0 Å². The van der Waals surface area contributed by atoms with Crippen LogP contribution in [-0.2, 0) is 6.42 Å². The normalized spacial score (nSPS) is 11.5. The van der Waals surface area contributed by atoms with Crippen molar-refractivity contribution in [3.05, 3.63) is 48.5 Å². The van der Waals surface area contributed by atoms with Crippen molar-refractivity contribution in [2.45, 2.75) is 39.5 Å². The molecule has 0 aliphatic heterocycles. The fraction of sp³-hybridized carbons (Fsp3) is 0.400. The molecule has 0 saturated carbocycles. The molecule has 6 nitrogen and oxygen atoms in total. The molecule has 2 heterocycles. The minimum Gasteiger partial charge on any atom is -0.405 e.